The minimum atomic E-state index is -0.762. The fourth-order valence-corrected chi connectivity index (χ4v) is 8.31. The van der Waals surface area contributed by atoms with Crippen LogP contribution in [0.4, 0.5) is 0 Å². The van der Waals surface area contributed by atoms with Crippen LogP contribution in [0.5, 0.6) is 0 Å². The molecule has 0 aromatic rings. The normalized spacial score (nSPS) is 12.5. The van der Waals surface area contributed by atoms with Gasteiger partial charge in [-0.1, -0.05) is 266 Å². The maximum absolute atomic E-state index is 12.8. The molecule has 0 bridgehead atoms. The zero-order valence-corrected chi connectivity index (χ0v) is 41.8. The molecule has 2 atom stereocenters. The first-order valence-electron chi connectivity index (χ1n) is 27.3. The predicted octanol–water partition coefficient (Wildman–Crippen LogP) is 17.7. The summed E-state index contributed by atoms with van der Waals surface area (Å²) >= 11 is 0. The van der Waals surface area contributed by atoms with E-state index in [4.69, 9.17) is 14.2 Å². The Labute approximate surface area is 380 Å². The van der Waals surface area contributed by atoms with E-state index in [2.05, 4.69) is 34.6 Å². The molecule has 0 aliphatic carbocycles. The van der Waals surface area contributed by atoms with Gasteiger partial charge in [0, 0.05) is 19.3 Å². The monoisotopic (exact) mass is 863 g/mol. The summed E-state index contributed by atoms with van der Waals surface area (Å²) in [6.45, 7) is 11.4. The zero-order chi connectivity index (χ0) is 44.7. The van der Waals surface area contributed by atoms with E-state index in [1.165, 1.54) is 193 Å². The summed E-state index contributed by atoms with van der Waals surface area (Å²) in [6, 6.07) is 0. The number of unbranched alkanes of at least 4 members (excludes halogenated alkanes) is 33. The Kier molecular flexibility index (Phi) is 46.6. The Balaban J connectivity index is 4.32. The molecule has 362 valence electrons. The summed E-state index contributed by atoms with van der Waals surface area (Å²) in [5.74, 6) is 0.864. The molecule has 0 heterocycles. The third-order valence-corrected chi connectivity index (χ3v) is 12.8. The Morgan fingerprint density at radius 3 is 0.934 bits per heavy atom. The molecule has 0 N–H and O–H groups in total. The highest BCUT2D eigenvalue weighted by Gasteiger charge is 2.19. The number of carbonyl (C=O) groups excluding carboxylic acids is 3. The van der Waals surface area contributed by atoms with Gasteiger partial charge in [0.15, 0.2) is 6.10 Å². The minimum absolute atomic E-state index is 0.0632. The van der Waals surface area contributed by atoms with Gasteiger partial charge in [0.25, 0.3) is 0 Å². The molecule has 1 unspecified atom stereocenters. The SMILES string of the molecule is CCCCCCCCCCCCCCCC(=O)OC[C@@H](COC(=O)CCCCCCCCCCCCC(C)CC)OC(=O)CCCCCCCCCCCCCCCC(C)C. The van der Waals surface area contributed by atoms with Crippen LogP contribution >= 0.6 is 0 Å². The summed E-state index contributed by atoms with van der Waals surface area (Å²) in [6.07, 6.45) is 49.3. The second-order valence-corrected chi connectivity index (χ2v) is 19.6. The van der Waals surface area contributed by atoms with Gasteiger partial charge in [-0.05, 0) is 31.1 Å². The Bertz CT molecular complexity index is 933. The zero-order valence-electron chi connectivity index (χ0n) is 41.8. The molecular weight excluding hydrogens is 757 g/mol. The van der Waals surface area contributed by atoms with Crippen molar-refractivity contribution in [3.63, 3.8) is 0 Å². The molecule has 0 fully saturated rings. The first kappa shape index (κ1) is 59.4. The smallest absolute Gasteiger partial charge is 0.306 e. The molecule has 6 heteroatoms. The van der Waals surface area contributed by atoms with Gasteiger partial charge in [0.05, 0.1) is 0 Å². The molecule has 0 saturated carbocycles. The fraction of sp³-hybridized carbons (Fsp3) is 0.945. The summed E-state index contributed by atoms with van der Waals surface area (Å²) < 4.78 is 16.8. The van der Waals surface area contributed by atoms with Crippen LogP contribution in [0.15, 0.2) is 0 Å². The number of esters is 3. The van der Waals surface area contributed by atoms with Crippen molar-refractivity contribution < 1.29 is 28.6 Å². The molecule has 0 aromatic heterocycles. The molecule has 0 amide bonds. The van der Waals surface area contributed by atoms with Gasteiger partial charge < -0.3 is 14.2 Å². The van der Waals surface area contributed by atoms with Crippen LogP contribution in [0.25, 0.3) is 0 Å². The quantitative estimate of drug-likeness (QED) is 0.0344. The maximum Gasteiger partial charge on any atom is 0.306 e. The molecule has 0 radical (unpaired) electrons. The van der Waals surface area contributed by atoms with Crippen molar-refractivity contribution in [2.45, 2.75) is 310 Å². The largest absolute Gasteiger partial charge is 0.462 e. The molecule has 6 nitrogen and oxygen atoms in total. The lowest BCUT2D eigenvalue weighted by Crippen LogP contribution is -2.30. The molecule has 0 spiro atoms. The van der Waals surface area contributed by atoms with Crippen molar-refractivity contribution in [3.05, 3.63) is 0 Å². The lowest BCUT2D eigenvalue weighted by molar-refractivity contribution is -0.167. The number of rotatable bonds is 49. The van der Waals surface area contributed by atoms with E-state index in [1.807, 2.05) is 0 Å². The lowest BCUT2D eigenvalue weighted by Gasteiger charge is -2.18. The molecule has 0 rings (SSSR count). The minimum Gasteiger partial charge on any atom is -0.462 e. The molecular formula is C55H106O6. The summed E-state index contributed by atoms with van der Waals surface area (Å²) in [5, 5.41) is 0. The van der Waals surface area contributed by atoms with Gasteiger partial charge in [0.2, 0.25) is 0 Å². The van der Waals surface area contributed by atoms with Crippen molar-refractivity contribution in [1.82, 2.24) is 0 Å². The van der Waals surface area contributed by atoms with Crippen molar-refractivity contribution in [3.8, 4) is 0 Å². The number of ether oxygens (including phenoxy) is 3. The van der Waals surface area contributed by atoms with Gasteiger partial charge in [-0.2, -0.15) is 0 Å². The summed E-state index contributed by atoms with van der Waals surface area (Å²) in [4.78, 5) is 38.0. The van der Waals surface area contributed by atoms with Crippen LogP contribution in [0.3, 0.4) is 0 Å². The number of carbonyl (C=O) groups is 3. The topological polar surface area (TPSA) is 78.9 Å². The lowest BCUT2D eigenvalue weighted by atomic mass is 9.99. The van der Waals surface area contributed by atoms with E-state index in [0.29, 0.717) is 19.3 Å². The van der Waals surface area contributed by atoms with Crippen LogP contribution in [-0.2, 0) is 28.6 Å². The van der Waals surface area contributed by atoms with Gasteiger partial charge in [0.1, 0.15) is 13.2 Å². The van der Waals surface area contributed by atoms with E-state index >= 15 is 0 Å². The van der Waals surface area contributed by atoms with Crippen LogP contribution in [0.1, 0.15) is 304 Å². The third kappa shape index (κ3) is 47.7. The van der Waals surface area contributed by atoms with Crippen molar-refractivity contribution in [2.75, 3.05) is 13.2 Å². The van der Waals surface area contributed by atoms with Gasteiger partial charge >= 0.3 is 17.9 Å². The summed E-state index contributed by atoms with van der Waals surface area (Å²) in [5.41, 5.74) is 0. The third-order valence-electron chi connectivity index (χ3n) is 12.8. The Morgan fingerprint density at radius 2 is 0.623 bits per heavy atom. The Morgan fingerprint density at radius 1 is 0.344 bits per heavy atom. The van der Waals surface area contributed by atoms with Crippen molar-refractivity contribution >= 4 is 17.9 Å². The standard InChI is InChI=1S/C55H106O6/c1-6-8-9-10-11-12-13-15-19-25-30-35-40-45-53(56)59-48-52(49-60-54(57)46-41-36-31-26-22-21-24-29-34-39-44-51(5)7-2)61-55(58)47-42-37-32-27-20-17-14-16-18-23-28-33-38-43-50(3)4/h50-52H,6-49H2,1-5H3/t51?,52-/m0/s1. The van der Waals surface area contributed by atoms with Crippen molar-refractivity contribution in [1.29, 1.82) is 0 Å². The van der Waals surface area contributed by atoms with Gasteiger partial charge in [-0.15, -0.1) is 0 Å². The maximum atomic E-state index is 12.8. The summed E-state index contributed by atoms with van der Waals surface area (Å²) in [7, 11) is 0. The van der Waals surface area contributed by atoms with Crippen molar-refractivity contribution in [2.24, 2.45) is 11.8 Å². The first-order chi connectivity index (χ1) is 29.8. The average Bonchev–Trinajstić information content (AvgIpc) is 3.24. The van der Waals surface area contributed by atoms with E-state index < -0.39 is 6.10 Å². The molecule has 0 aliphatic rings. The highest BCUT2D eigenvalue weighted by molar-refractivity contribution is 5.71. The van der Waals surface area contributed by atoms with E-state index in [1.54, 1.807) is 0 Å². The van der Waals surface area contributed by atoms with Gasteiger partial charge in [-0.25, -0.2) is 0 Å². The Hall–Kier alpha value is -1.59. The molecule has 0 saturated heterocycles. The fourth-order valence-electron chi connectivity index (χ4n) is 8.31. The van der Waals surface area contributed by atoms with Crippen LogP contribution in [0.2, 0.25) is 0 Å². The highest BCUT2D eigenvalue weighted by Crippen LogP contribution is 2.18. The predicted molar refractivity (Wildman–Crippen MR) is 261 cm³/mol. The van der Waals surface area contributed by atoms with E-state index in [-0.39, 0.29) is 31.1 Å². The molecule has 0 aromatic carbocycles. The molecule has 61 heavy (non-hydrogen) atoms. The van der Waals surface area contributed by atoms with Crippen LogP contribution < -0.4 is 0 Å². The number of hydrogen-bond acceptors (Lipinski definition) is 6. The first-order valence-corrected chi connectivity index (χ1v) is 27.3. The second-order valence-electron chi connectivity index (χ2n) is 19.6. The van der Waals surface area contributed by atoms with Crippen LogP contribution in [-0.4, -0.2) is 37.2 Å². The van der Waals surface area contributed by atoms with Crippen LogP contribution in [0, 0.1) is 11.8 Å². The van der Waals surface area contributed by atoms with E-state index in [0.717, 1.165) is 69.6 Å². The van der Waals surface area contributed by atoms with E-state index in [9.17, 15) is 14.4 Å². The van der Waals surface area contributed by atoms with Gasteiger partial charge in [-0.3, -0.25) is 14.4 Å². The average molecular weight is 863 g/mol. The second kappa shape index (κ2) is 47.9. The number of hydrogen-bond donors (Lipinski definition) is 0. The highest BCUT2D eigenvalue weighted by atomic mass is 16.6. The molecule has 0 aliphatic heterocycles.